The highest BCUT2D eigenvalue weighted by molar-refractivity contribution is 5.73. The monoisotopic (exact) mass is 231 g/mol. The lowest BCUT2D eigenvalue weighted by Crippen LogP contribution is -2.19. The number of nitrogens with one attached hydrogen (secondary N) is 1. The summed E-state index contributed by atoms with van der Waals surface area (Å²) in [6, 6.07) is 8.47. The van der Waals surface area contributed by atoms with Crippen molar-refractivity contribution in [2.75, 3.05) is 6.54 Å². The van der Waals surface area contributed by atoms with E-state index < -0.39 is 0 Å². The molecule has 0 aromatic heterocycles. The van der Waals surface area contributed by atoms with Gasteiger partial charge < -0.3 is 5.32 Å². The van der Waals surface area contributed by atoms with Crippen molar-refractivity contribution in [3.05, 3.63) is 41.5 Å². The van der Waals surface area contributed by atoms with Crippen molar-refractivity contribution < 1.29 is 4.79 Å². The van der Waals surface area contributed by atoms with Crippen LogP contribution in [0.2, 0.25) is 0 Å². The average molecular weight is 231 g/mol. The largest absolute Gasteiger partial charge is 0.353 e. The molecular weight excluding hydrogens is 210 g/mol. The molecule has 0 bridgehead atoms. The molecule has 0 heterocycles. The molecule has 0 spiro atoms. The summed E-state index contributed by atoms with van der Waals surface area (Å²) in [6.45, 7) is 8.70. The molecule has 17 heavy (non-hydrogen) atoms. The molecule has 1 aromatic carbocycles. The van der Waals surface area contributed by atoms with Gasteiger partial charge in [-0.15, -0.1) is 0 Å². The minimum Gasteiger partial charge on any atom is -0.353 e. The minimum absolute atomic E-state index is 0.00177. The number of benzene rings is 1. The van der Waals surface area contributed by atoms with Gasteiger partial charge in [-0.05, 0) is 16.5 Å². The van der Waals surface area contributed by atoms with Gasteiger partial charge >= 0.3 is 0 Å². The summed E-state index contributed by atoms with van der Waals surface area (Å²) >= 11 is 0. The Balaban J connectivity index is 2.69. The van der Waals surface area contributed by atoms with E-state index in [1.807, 2.05) is 12.2 Å². The van der Waals surface area contributed by atoms with Gasteiger partial charge in [0.15, 0.2) is 0 Å². The molecule has 0 aliphatic rings. The first-order chi connectivity index (χ1) is 7.89. The fourth-order valence-corrected chi connectivity index (χ4v) is 1.51. The first kappa shape index (κ1) is 13.5. The first-order valence-electron chi connectivity index (χ1n) is 5.91. The van der Waals surface area contributed by atoms with E-state index in [4.69, 9.17) is 0 Å². The third kappa shape index (κ3) is 4.85. The SMILES string of the molecule is CC(=O)NCC=Cc1cccc(C(C)(C)C)c1. The van der Waals surface area contributed by atoms with Crippen molar-refractivity contribution in [3.8, 4) is 0 Å². The second-order valence-corrected chi connectivity index (χ2v) is 5.21. The van der Waals surface area contributed by atoms with Crippen LogP contribution in [0.25, 0.3) is 6.08 Å². The molecule has 92 valence electrons. The molecule has 2 heteroatoms. The summed E-state index contributed by atoms with van der Waals surface area (Å²) in [5, 5.41) is 2.73. The van der Waals surface area contributed by atoms with Crippen LogP contribution in [0.15, 0.2) is 30.3 Å². The third-order valence-electron chi connectivity index (χ3n) is 2.53. The number of carbonyl (C=O) groups excluding carboxylic acids is 1. The molecule has 0 aliphatic carbocycles. The van der Waals surface area contributed by atoms with Crippen molar-refractivity contribution in [2.24, 2.45) is 0 Å². The Kier molecular flexibility index (Phi) is 4.50. The van der Waals surface area contributed by atoms with Crippen molar-refractivity contribution >= 4 is 12.0 Å². The maximum atomic E-state index is 10.7. The Morgan fingerprint density at radius 3 is 2.65 bits per heavy atom. The maximum Gasteiger partial charge on any atom is 0.217 e. The van der Waals surface area contributed by atoms with Gasteiger partial charge in [-0.1, -0.05) is 57.2 Å². The molecular formula is C15H21NO. The molecule has 0 atom stereocenters. The van der Waals surface area contributed by atoms with E-state index >= 15 is 0 Å². The third-order valence-corrected chi connectivity index (χ3v) is 2.53. The number of rotatable bonds is 3. The van der Waals surface area contributed by atoms with E-state index in [-0.39, 0.29) is 11.3 Å². The molecule has 1 amide bonds. The summed E-state index contributed by atoms with van der Waals surface area (Å²) < 4.78 is 0. The van der Waals surface area contributed by atoms with Crippen LogP contribution in [-0.4, -0.2) is 12.5 Å². The van der Waals surface area contributed by atoms with Gasteiger partial charge in [-0.2, -0.15) is 0 Å². The summed E-state index contributed by atoms with van der Waals surface area (Å²) in [5.74, 6) is -0.00177. The van der Waals surface area contributed by atoms with Gasteiger partial charge in [0.2, 0.25) is 5.91 Å². The smallest absolute Gasteiger partial charge is 0.217 e. The van der Waals surface area contributed by atoms with Crippen LogP contribution < -0.4 is 5.32 Å². The first-order valence-corrected chi connectivity index (χ1v) is 5.91. The molecule has 0 unspecified atom stereocenters. The highest BCUT2D eigenvalue weighted by Crippen LogP contribution is 2.23. The van der Waals surface area contributed by atoms with E-state index in [0.717, 1.165) is 0 Å². The Morgan fingerprint density at radius 1 is 1.35 bits per heavy atom. The Bertz CT molecular complexity index is 413. The lowest BCUT2D eigenvalue weighted by Gasteiger charge is -2.19. The van der Waals surface area contributed by atoms with E-state index in [1.165, 1.54) is 18.1 Å². The predicted molar refractivity (Wildman–Crippen MR) is 72.9 cm³/mol. The Labute approximate surface area is 104 Å². The van der Waals surface area contributed by atoms with E-state index in [0.29, 0.717) is 6.54 Å². The second kappa shape index (κ2) is 5.67. The Morgan fingerprint density at radius 2 is 2.06 bits per heavy atom. The molecule has 2 nitrogen and oxygen atoms in total. The zero-order valence-electron chi connectivity index (χ0n) is 11.1. The quantitative estimate of drug-likeness (QED) is 0.850. The van der Waals surface area contributed by atoms with Gasteiger partial charge in [-0.3, -0.25) is 4.79 Å². The van der Waals surface area contributed by atoms with E-state index in [1.54, 1.807) is 0 Å². The molecule has 1 rings (SSSR count). The van der Waals surface area contributed by atoms with Gasteiger partial charge in [0.25, 0.3) is 0 Å². The predicted octanol–water partition coefficient (Wildman–Crippen LogP) is 3.13. The molecule has 0 saturated heterocycles. The number of hydrogen-bond acceptors (Lipinski definition) is 1. The lowest BCUT2D eigenvalue weighted by atomic mass is 9.86. The van der Waals surface area contributed by atoms with Crippen LogP contribution in [0, 0.1) is 0 Å². The van der Waals surface area contributed by atoms with Crippen LogP contribution in [0.3, 0.4) is 0 Å². The topological polar surface area (TPSA) is 29.1 Å². The molecule has 0 radical (unpaired) electrons. The van der Waals surface area contributed by atoms with E-state index in [2.05, 4.69) is 50.4 Å². The molecule has 0 fully saturated rings. The number of carbonyl (C=O) groups is 1. The average Bonchev–Trinajstić information content (AvgIpc) is 2.23. The summed E-state index contributed by atoms with van der Waals surface area (Å²) in [6.07, 6.45) is 3.99. The minimum atomic E-state index is -0.00177. The second-order valence-electron chi connectivity index (χ2n) is 5.21. The van der Waals surface area contributed by atoms with Gasteiger partial charge in [0.05, 0.1) is 0 Å². The van der Waals surface area contributed by atoms with Crippen molar-refractivity contribution in [1.82, 2.24) is 5.32 Å². The summed E-state index contributed by atoms with van der Waals surface area (Å²) in [4.78, 5) is 10.7. The van der Waals surface area contributed by atoms with Gasteiger partial charge in [0.1, 0.15) is 0 Å². The highest BCUT2D eigenvalue weighted by Gasteiger charge is 2.12. The lowest BCUT2D eigenvalue weighted by molar-refractivity contribution is -0.118. The summed E-state index contributed by atoms with van der Waals surface area (Å²) in [7, 11) is 0. The van der Waals surface area contributed by atoms with Gasteiger partial charge in [-0.25, -0.2) is 0 Å². The molecule has 0 aliphatic heterocycles. The Hall–Kier alpha value is -1.57. The fraction of sp³-hybridized carbons (Fsp3) is 0.400. The van der Waals surface area contributed by atoms with Crippen molar-refractivity contribution in [3.63, 3.8) is 0 Å². The normalized spacial score (nSPS) is 11.8. The molecule has 1 N–H and O–H groups in total. The van der Waals surface area contributed by atoms with Crippen LogP contribution in [0.4, 0.5) is 0 Å². The van der Waals surface area contributed by atoms with Crippen molar-refractivity contribution in [2.45, 2.75) is 33.1 Å². The van der Waals surface area contributed by atoms with Crippen LogP contribution in [-0.2, 0) is 10.2 Å². The van der Waals surface area contributed by atoms with Crippen LogP contribution in [0.1, 0.15) is 38.8 Å². The molecule has 0 saturated carbocycles. The van der Waals surface area contributed by atoms with Crippen LogP contribution in [0.5, 0.6) is 0 Å². The maximum absolute atomic E-state index is 10.7. The van der Waals surface area contributed by atoms with Crippen LogP contribution >= 0.6 is 0 Å². The zero-order valence-corrected chi connectivity index (χ0v) is 11.1. The van der Waals surface area contributed by atoms with Crippen molar-refractivity contribution in [1.29, 1.82) is 0 Å². The summed E-state index contributed by atoms with van der Waals surface area (Å²) in [5.41, 5.74) is 2.66. The fourth-order valence-electron chi connectivity index (χ4n) is 1.51. The zero-order chi connectivity index (χ0) is 12.9. The molecule has 1 aromatic rings. The number of hydrogen-bond donors (Lipinski definition) is 1. The number of amides is 1. The standard InChI is InChI=1S/C15H21NO/c1-12(17)16-10-6-8-13-7-5-9-14(11-13)15(2,3)4/h5-9,11H,10H2,1-4H3,(H,16,17). The van der Waals surface area contributed by atoms with E-state index in [9.17, 15) is 4.79 Å². The van der Waals surface area contributed by atoms with Gasteiger partial charge in [0, 0.05) is 13.5 Å². The highest BCUT2D eigenvalue weighted by atomic mass is 16.1.